The topological polar surface area (TPSA) is 55.4 Å². The fourth-order valence-electron chi connectivity index (χ4n) is 4.49. The summed E-state index contributed by atoms with van der Waals surface area (Å²) in [5, 5.41) is 3.20. The number of halogens is 1. The first kappa shape index (κ1) is 21.5. The van der Waals surface area contributed by atoms with Gasteiger partial charge in [-0.15, -0.1) is 0 Å². The average molecular weight is 437 g/mol. The van der Waals surface area contributed by atoms with Gasteiger partial charge < -0.3 is 9.30 Å². The monoisotopic (exact) mass is 437 g/mol. The molecule has 160 valence electrons. The highest BCUT2D eigenvalue weighted by molar-refractivity contribution is 7.63. The standard InChI is InChI=1S/C25H25FNO3P/c1-30-25(28)24(20-13-8-14-21(26)17-20)27-31(29)22(18-9-4-2-5-10-18)15-16-23(31)19-11-6-3-7-12-19/h2-14,17,22-24H,15-16H2,1H3,(H,27,29)/t22-,23-,24-/m0/s1. The molecule has 3 atom stereocenters. The van der Waals surface area contributed by atoms with Crippen molar-refractivity contribution in [1.82, 2.24) is 5.09 Å². The van der Waals surface area contributed by atoms with Gasteiger partial charge in [0.2, 0.25) is 0 Å². The fraction of sp³-hybridized carbons (Fsp3) is 0.240. The summed E-state index contributed by atoms with van der Waals surface area (Å²) in [4.78, 5) is 12.7. The van der Waals surface area contributed by atoms with Crippen LogP contribution in [0.15, 0.2) is 84.9 Å². The zero-order valence-electron chi connectivity index (χ0n) is 17.3. The van der Waals surface area contributed by atoms with E-state index in [1.165, 1.54) is 25.3 Å². The smallest absolute Gasteiger partial charge is 0.327 e. The normalized spacial score (nSPS) is 20.8. The number of benzene rings is 3. The summed E-state index contributed by atoms with van der Waals surface area (Å²) in [5.41, 5.74) is 1.84. The molecule has 0 saturated carbocycles. The lowest BCUT2D eigenvalue weighted by molar-refractivity contribution is -0.142. The van der Waals surface area contributed by atoms with Crippen molar-refractivity contribution in [2.45, 2.75) is 30.2 Å². The van der Waals surface area contributed by atoms with Crippen molar-refractivity contribution < 1.29 is 18.5 Å². The van der Waals surface area contributed by atoms with Gasteiger partial charge in [-0.3, -0.25) is 0 Å². The fourth-order valence-corrected chi connectivity index (χ4v) is 8.24. The van der Waals surface area contributed by atoms with Crippen LogP contribution >= 0.6 is 7.29 Å². The number of hydrogen-bond acceptors (Lipinski definition) is 3. The van der Waals surface area contributed by atoms with Crippen LogP contribution in [-0.2, 0) is 14.1 Å². The molecule has 0 unspecified atom stereocenters. The van der Waals surface area contributed by atoms with E-state index < -0.39 is 25.1 Å². The molecule has 0 radical (unpaired) electrons. The van der Waals surface area contributed by atoms with E-state index in [0.29, 0.717) is 5.56 Å². The molecule has 1 N–H and O–H groups in total. The molecule has 1 aliphatic heterocycles. The van der Waals surface area contributed by atoms with E-state index in [1.54, 1.807) is 6.07 Å². The quantitative estimate of drug-likeness (QED) is 0.369. The predicted octanol–water partition coefficient (Wildman–Crippen LogP) is 6.18. The van der Waals surface area contributed by atoms with Gasteiger partial charge >= 0.3 is 5.97 Å². The number of carbonyl (C=O) groups is 1. The van der Waals surface area contributed by atoms with E-state index in [4.69, 9.17) is 4.74 Å². The highest BCUT2D eigenvalue weighted by atomic mass is 31.2. The first-order valence-electron chi connectivity index (χ1n) is 10.3. The molecular weight excluding hydrogens is 412 g/mol. The highest BCUT2D eigenvalue weighted by Crippen LogP contribution is 2.74. The Balaban J connectivity index is 1.79. The molecule has 0 aromatic heterocycles. The van der Waals surface area contributed by atoms with Gasteiger partial charge in [-0.1, -0.05) is 72.8 Å². The third kappa shape index (κ3) is 4.34. The number of rotatable bonds is 6. The first-order chi connectivity index (χ1) is 15.0. The molecule has 4 rings (SSSR count). The summed E-state index contributed by atoms with van der Waals surface area (Å²) in [5.74, 6) is -1.05. The Morgan fingerprint density at radius 1 is 0.935 bits per heavy atom. The van der Waals surface area contributed by atoms with E-state index in [1.807, 2.05) is 60.7 Å². The molecule has 6 heteroatoms. The van der Waals surface area contributed by atoms with E-state index in [2.05, 4.69) is 5.09 Å². The zero-order valence-corrected chi connectivity index (χ0v) is 18.2. The molecule has 1 aliphatic rings. The van der Waals surface area contributed by atoms with Gasteiger partial charge in [0.1, 0.15) is 11.9 Å². The van der Waals surface area contributed by atoms with Gasteiger partial charge in [0, 0.05) is 0 Å². The van der Waals surface area contributed by atoms with Crippen molar-refractivity contribution in [2.75, 3.05) is 7.11 Å². The van der Waals surface area contributed by atoms with Crippen LogP contribution in [0, 0.1) is 5.82 Å². The molecule has 0 spiro atoms. The molecule has 4 nitrogen and oxygen atoms in total. The maximum absolute atomic E-state index is 14.8. The molecule has 3 aromatic rings. The number of hydrogen-bond donors (Lipinski definition) is 1. The van der Waals surface area contributed by atoms with Crippen molar-refractivity contribution in [3.8, 4) is 0 Å². The molecule has 1 saturated heterocycles. The van der Waals surface area contributed by atoms with Crippen LogP contribution in [0.3, 0.4) is 0 Å². The molecule has 1 fully saturated rings. The summed E-state index contributed by atoms with van der Waals surface area (Å²) >= 11 is 0. The molecule has 0 amide bonds. The third-order valence-corrected chi connectivity index (χ3v) is 9.58. The molecule has 0 aliphatic carbocycles. The van der Waals surface area contributed by atoms with Crippen molar-refractivity contribution in [1.29, 1.82) is 0 Å². The summed E-state index contributed by atoms with van der Waals surface area (Å²) in [7, 11) is -1.93. The Hall–Kier alpha value is -2.75. The summed E-state index contributed by atoms with van der Waals surface area (Å²) < 4.78 is 33.7. The number of ether oxygens (including phenoxy) is 1. The first-order valence-corrected chi connectivity index (χ1v) is 12.2. The Bertz CT molecular complexity index is 1040. The van der Waals surface area contributed by atoms with Crippen LogP contribution in [0.25, 0.3) is 0 Å². The third-order valence-electron chi connectivity index (χ3n) is 5.96. The minimum absolute atomic E-state index is 0.250. The van der Waals surface area contributed by atoms with E-state index in [0.717, 1.165) is 24.0 Å². The van der Waals surface area contributed by atoms with Crippen LogP contribution in [-0.4, -0.2) is 13.1 Å². The number of nitrogens with one attached hydrogen (secondary N) is 1. The van der Waals surface area contributed by atoms with E-state index >= 15 is 0 Å². The largest absolute Gasteiger partial charge is 0.468 e. The lowest BCUT2D eigenvalue weighted by Crippen LogP contribution is -2.29. The second kappa shape index (κ2) is 9.17. The second-order valence-corrected chi connectivity index (χ2v) is 10.7. The second-order valence-electron chi connectivity index (χ2n) is 7.78. The molecule has 0 bridgehead atoms. The Kier molecular flexibility index (Phi) is 6.35. The predicted molar refractivity (Wildman–Crippen MR) is 119 cm³/mol. The summed E-state index contributed by atoms with van der Waals surface area (Å²) in [6.45, 7) is 0. The van der Waals surface area contributed by atoms with E-state index in [-0.39, 0.29) is 11.3 Å². The van der Waals surface area contributed by atoms with Gasteiger partial charge in [-0.25, -0.2) is 14.3 Å². The summed E-state index contributed by atoms with van der Waals surface area (Å²) in [6, 6.07) is 24.2. The van der Waals surface area contributed by atoms with Gasteiger partial charge in [-0.2, -0.15) is 0 Å². The maximum atomic E-state index is 14.8. The van der Waals surface area contributed by atoms with Crippen LogP contribution < -0.4 is 5.09 Å². The van der Waals surface area contributed by atoms with Gasteiger partial charge in [-0.05, 0) is 41.7 Å². The SMILES string of the molecule is COC(=O)[C@@H](NP1(=O)[C@H](c2ccccc2)CC[C@H]1c1ccccc1)c1cccc(F)c1. The lowest BCUT2D eigenvalue weighted by Gasteiger charge is -2.31. The highest BCUT2D eigenvalue weighted by Gasteiger charge is 2.49. The Morgan fingerprint density at radius 2 is 1.48 bits per heavy atom. The van der Waals surface area contributed by atoms with Crippen molar-refractivity contribution in [2.24, 2.45) is 0 Å². The number of esters is 1. The molecule has 1 heterocycles. The van der Waals surface area contributed by atoms with Crippen LogP contribution in [0.4, 0.5) is 4.39 Å². The minimum atomic E-state index is -3.21. The van der Waals surface area contributed by atoms with Crippen LogP contribution in [0.2, 0.25) is 0 Å². The van der Waals surface area contributed by atoms with Crippen molar-refractivity contribution in [3.05, 3.63) is 107 Å². The van der Waals surface area contributed by atoms with Crippen LogP contribution in [0.1, 0.15) is 46.9 Å². The summed E-state index contributed by atoms with van der Waals surface area (Å²) in [6.07, 6.45) is 1.45. The van der Waals surface area contributed by atoms with Gasteiger partial charge in [0.05, 0.1) is 18.4 Å². The molecule has 31 heavy (non-hydrogen) atoms. The zero-order chi connectivity index (χ0) is 21.8. The van der Waals surface area contributed by atoms with Gasteiger partial charge in [0.15, 0.2) is 7.29 Å². The molecular formula is C25H25FNO3P. The molecule has 3 aromatic carbocycles. The average Bonchev–Trinajstić information content (AvgIpc) is 3.15. The van der Waals surface area contributed by atoms with E-state index in [9.17, 15) is 13.8 Å². The van der Waals surface area contributed by atoms with Crippen molar-refractivity contribution >= 4 is 13.3 Å². The Labute approximate surface area is 181 Å². The minimum Gasteiger partial charge on any atom is -0.468 e. The number of methoxy groups -OCH3 is 1. The van der Waals surface area contributed by atoms with Crippen molar-refractivity contribution in [3.63, 3.8) is 0 Å². The Morgan fingerprint density at radius 3 is 1.97 bits per heavy atom. The maximum Gasteiger partial charge on any atom is 0.327 e. The number of carbonyl (C=O) groups excluding carboxylic acids is 1. The van der Waals surface area contributed by atoms with Crippen LogP contribution in [0.5, 0.6) is 0 Å². The lowest BCUT2D eigenvalue weighted by atomic mass is 10.0. The van der Waals surface area contributed by atoms with Gasteiger partial charge in [0.25, 0.3) is 0 Å².